The van der Waals surface area contributed by atoms with E-state index in [9.17, 15) is 4.79 Å². The van der Waals surface area contributed by atoms with Gasteiger partial charge in [-0.05, 0) is 57.9 Å². The molecule has 29 heavy (non-hydrogen) atoms. The average molecular weight is 390 g/mol. The van der Waals surface area contributed by atoms with E-state index in [-0.39, 0.29) is 11.7 Å². The van der Waals surface area contributed by atoms with Crippen molar-refractivity contribution in [3.8, 4) is 5.82 Å². The van der Waals surface area contributed by atoms with Crippen LogP contribution in [-0.4, -0.2) is 46.8 Å². The van der Waals surface area contributed by atoms with Gasteiger partial charge < -0.3 is 5.32 Å². The molecule has 0 unspecified atom stereocenters. The van der Waals surface area contributed by atoms with Crippen LogP contribution in [-0.2, 0) is 6.42 Å². The summed E-state index contributed by atoms with van der Waals surface area (Å²) in [6.07, 6.45) is 2.39. The predicted molar refractivity (Wildman–Crippen MR) is 107 cm³/mol. The SMILES string of the molecule is Cc1cc(C)n2nc(C(=O)NCCc3c(C)nn(-c4ccccn4)c3C)nc2n1. The highest BCUT2D eigenvalue weighted by Crippen LogP contribution is 2.17. The molecule has 0 radical (unpaired) electrons. The monoisotopic (exact) mass is 390 g/mol. The zero-order valence-corrected chi connectivity index (χ0v) is 16.8. The summed E-state index contributed by atoms with van der Waals surface area (Å²) < 4.78 is 3.40. The Kier molecular flexibility index (Phi) is 4.79. The van der Waals surface area contributed by atoms with E-state index >= 15 is 0 Å². The Morgan fingerprint density at radius 3 is 2.69 bits per heavy atom. The Hall–Kier alpha value is -3.62. The molecule has 0 spiro atoms. The first-order valence-electron chi connectivity index (χ1n) is 9.40. The summed E-state index contributed by atoms with van der Waals surface area (Å²) in [7, 11) is 0. The van der Waals surface area contributed by atoms with Gasteiger partial charge in [-0.3, -0.25) is 4.79 Å². The van der Waals surface area contributed by atoms with Crippen molar-refractivity contribution in [3.63, 3.8) is 0 Å². The molecule has 0 bridgehead atoms. The number of amides is 1. The lowest BCUT2D eigenvalue weighted by molar-refractivity contribution is 0.0944. The number of hydrogen-bond donors (Lipinski definition) is 1. The van der Waals surface area contributed by atoms with Gasteiger partial charge in [-0.15, -0.1) is 5.10 Å². The quantitative estimate of drug-likeness (QED) is 0.558. The topological polar surface area (TPSA) is 103 Å². The zero-order valence-electron chi connectivity index (χ0n) is 16.8. The van der Waals surface area contributed by atoms with Gasteiger partial charge in [0, 0.05) is 29.8 Å². The minimum atomic E-state index is -0.319. The lowest BCUT2D eigenvalue weighted by Gasteiger charge is -2.05. The second-order valence-electron chi connectivity index (χ2n) is 6.94. The van der Waals surface area contributed by atoms with Gasteiger partial charge in [-0.1, -0.05) is 6.07 Å². The molecular weight excluding hydrogens is 368 g/mol. The zero-order chi connectivity index (χ0) is 20.5. The molecule has 9 nitrogen and oxygen atoms in total. The van der Waals surface area contributed by atoms with Crippen molar-refractivity contribution in [2.75, 3.05) is 6.54 Å². The normalized spacial score (nSPS) is 11.2. The van der Waals surface area contributed by atoms with Gasteiger partial charge in [0.2, 0.25) is 5.82 Å². The smallest absolute Gasteiger partial charge is 0.291 e. The van der Waals surface area contributed by atoms with Crippen LogP contribution in [0.4, 0.5) is 0 Å². The van der Waals surface area contributed by atoms with E-state index < -0.39 is 0 Å². The number of rotatable bonds is 5. The molecule has 0 aromatic carbocycles. The van der Waals surface area contributed by atoms with Gasteiger partial charge in [0.25, 0.3) is 11.7 Å². The van der Waals surface area contributed by atoms with Gasteiger partial charge in [0.05, 0.1) is 5.69 Å². The molecule has 0 aliphatic heterocycles. The Labute approximate surface area is 167 Å². The minimum Gasteiger partial charge on any atom is -0.349 e. The van der Waals surface area contributed by atoms with Crippen LogP contribution in [0.15, 0.2) is 30.5 Å². The molecule has 9 heteroatoms. The summed E-state index contributed by atoms with van der Waals surface area (Å²) in [5.74, 6) is 0.996. The van der Waals surface area contributed by atoms with Crippen LogP contribution in [0.25, 0.3) is 11.6 Å². The number of hydrogen-bond acceptors (Lipinski definition) is 6. The summed E-state index contributed by atoms with van der Waals surface area (Å²) in [5, 5.41) is 11.7. The van der Waals surface area contributed by atoms with Crippen molar-refractivity contribution in [1.82, 2.24) is 39.7 Å². The van der Waals surface area contributed by atoms with Gasteiger partial charge in [0.15, 0.2) is 5.82 Å². The predicted octanol–water partition coefficient (Wildman–Crippen LogP) is 1.91. The molecule has 0 fully saturated rings. The third kappa shape index (κ3) is 3.58. The maximum absolute atomic E-state index is 12.5. The first kappa shape index (κ1) is 18.7. The van der Waals surface area contributed by atoms with Crippen LogP contribution in [0.2, 0.25) is 0 Å². The largest absolute Gasteiger partial charge is 0.349 e. The molecule has 0 aliphatic carbocycles. The van der Waals surface area contributed by atoms with Crippen LogP contribution < -0.4 is 5.32 Å². The Bertz CT molecular complexity index is 1190. The third-order valence-corrected chi connectivity index (χ3v) is 4.79. The molecule has 1 N–H and O–H groups in total. The number of fused-ring (bicyclic) bond motifs is 1. The van der Waals surface area contributed by atoms with Gasteiger partial charge in [-0.2, -0.15) is 10.1 Å². The second-order valence-corrected chi connectivity index (χ2v) is 6.94. The summed E-state index contributed by atoms with van der Waals surface area (Å²) >= 11 is 0. The highest BCUT2D eigenvalue weighted by atomic mass is 16.2. The van der Waals surface area contributed by atoms with E-state index in [1.54, 1.807) is 10.7 Å². The lowest BCUT2D eigenvalue weighted by Crippen LogP contribution is -2.27. The highest BCUT2D eigenvalue weighted by molar-refractivity contribution is 5.90. The van der Waals surface area contributed by atoms with E-state index in [0.717, 1.165) is 34.2 Å². The molecule has 0 saturated carbocycles. The molecule has 0 aliphatic rings. The molecule has 0 atom stereocenters. The molecule has 1 amide bonds. The molecule has 4 aromatic heterocycles. The number of pyridine rings is 1. The van der Waals surface area contributed by atoms with E-state index in [0.29, 0.717) is 18.7 Å². The molecule has 148 valence electrons. The van der Waals surface area contributed by atoms with E-state index in [4.69, 9.17) is 0 Å². The van der Waals surface area contributed by atoms with Gasteiger partial charge in [-0.25, -0.2) is 19.2 Å². The fourth-order valence-electron chi connectivity index (χ4n) is 3.38. The average Bonchev–Trinajstić information content (AvgIpc) is 3.25. The fourth-order valence-corrected chi connectivity index (χ4v) is 3.38. The van der Waals surface area contributed by atoms with E-state index in [1.165, 1.54) is 0 Å². The van der Waals surface area contributed by atoms with Crippen LogP contribution in [0.5, 0.6) is 0 Å². The highest BCUT2D eigenvalue weighted by Gasteiger charge is 2.16. The number of aromatic nitrogens is 7. The Balaban J connectivity index is 1.46. The molecule has 4 heterocycles. The fraction of sp³-hybridized carbons (Fsp3) is 0.300. The number of nitrogens with zero attached hydrogens (tertiary/aromatic N) is 7. The summed E-state index contributed by atoms with van der Waals surface area (Å²) in [5.41, 5.74) is 4.74. The Morgan fingerprint density at radius 1 is 1.10 bits per heavy atom. The van der Waals surface area contributed by atoms with Gasteiger partial charge >= 0.3 is 0 Å². The van der Waals surface area contributed by atoms with Crippen LogP contribution in [0.1, 0.15) is 39.0 Å². The maximum atomic E-state index is 12.5. The van der Waals surface area contributed by atoms with Crippen LogP contribution >= 0.6 is 0 Å². The summed E-state index contributed by atoms with van der Waals surface area (Å²) in [6, 6.07) is 7.61. The van der Waals surface area contributed by atoms with Crippen molar-refractivity contribution >= 4 is 11.7 Å². The number of nitrogens with one attached hydrogen (secondary N) is 1. The van der Waals surface area contributed by atoms with E-state index in [1.807, 2.05) is 56.6 Å². The molecule has 4 rings (SSSR count). The standard InChI is InChI=1S/C20H22N8O/c1-12-11-13(2)27-20(23-12)24-18(26-27)19(29)22-10-8-16-14(3)25-28(15(16)4)17-7-5-6-9-21-17/h5-7,9,11H,8,10H2,1-4H3,(H,22,29). The van der Waals surface area contributed by atoms with Crippen LogP contribution in [0, 0.1) is 27.7 Å². The molecule has 4 aromatic rings. The van der Waals surface area contributed by atoms with Gasteiger partial charge in [0.1, 0.15) is 0 Å². The van der Waals surface area contributed by atoms with Crippen molar-refractivity contribution in [2.24, 2.45) is 0 Å². The second kappa shape index (κ2) is 7.42. The minimum absolute atomic E-state index is 0.115. The number of aryl methyl sites for hydroxylation is 3. The molecule has 0 saturated heterocycles. The van der Waals surface area contributed by atoms with E-state index in [2.05, 4.69) is 30.5 Å². The van der Waals surface area contributed by atoms with Crippen molar-refractivity contribution < 1.29 is 4.79 Å². The van der Waals surface area contributed by atoms with Crippen molar-refractivity contribution in [3.05, 3.63) is 64.6 Å². The number of carbonyl (C=O) groups excluding carboxylic acids is 1. The summed E-state index contributed by atoms with van der Waals surface area (Å²) in [4.78, 5) is 25.4. The first-order valence-corrected chi connectivity index (χ1v) is 9.40. The third-order valence-electron chi connectivity index (χ3n) is 4.79. The van der Waals surface area contributed by atoms with Crippen LogP contribution in [0.3, 0.4) is 0 Å². The van der Waals surface area contributed by atoms with Crippen molar-refractivity contribution in [2.45, 2.75) is 34.1 Å². The maximum Gasteiger partial charge on any atom is 0.291 e. The number of carbonyl (C=O) groups is 1. The lowest BCUT2D eigenvalue weighted by atomic mass is 10.1. The Morgan fingerprint density at radius 2 is 1.93 bits per heavy atom. The first-order chi connectivity index (χ1) is 13.9. The molecular formula is C20H22N8O. The van der Waals surface area contributed by atoms with Crippen molar-refractivity contribution in [1.29, 1.82) is 0 Å². The summed E-state index contributed by atoms with van der Waals surface area (Å²) in [6.45, 7) is 8.21.